The molecule has 0 aromatic carbocycles. The monoisotopic (exact) mass is 132 g/mol. The molecular weight excluding hydrogens is 124 g/mol. The molecule has 0 fully saturated rings. The number of rotatable bonds is 1. The lowest BCUT2D eigenvalue weighted by Gasteiger charge is -1.82. The van der Waals surface area contributed by atoms with Crippen molar-refractivity contribution in [3.63, 3.8) is 0 Å². The van der Waals surface area contributed by atoms with Gasteiger partial charge in [-0.2, -0.15) is 10.5 Å². The molecule has 2 nitrogen and oxygen atoms in total. The summed E-state index contributed by atoms with van der Waals surface area (Å²) < 4.78 is 0. The summed E-state index contributed by atoms with van der Waals surface area (Å²) in [5, 5.41) is 16.4. The maximum Gasteiger partial charge on any atom is 0.104 e. The fourth-order valence-corrected chi connectivity index (χ4v) is 0.376. The SMILES string of the molecule is CC(C#N)C#CCCC#N. The first-order chi connectivity index (χ1) is 4.81. The molecule has 0 spiro atoms. The van der Waals surface area contributed by atoms with Gasteiger partial charge in [0.25, 0.3) is 0 Å². The average molecular weight is 132 g/mol. The molecule has 2 heteroatoms. The molecule has 0 rings (SSSR count). The molecule has 0 heterocycles. The van der Waals surface area contributed by atoms with Crippen LogP contribution in [-0.2, 0) is 0 Å². The van der Waals surface area contributed by atoms with Gasteiger partial charge in [-0.1, -0.05) is 5.92 Å². The molecule has 0 aromatic heterocycles. The van der Waals surface area contributed by atoms with Crippen LogP contribution in [0.5, 0.6) is 0 Å². The molecule has 0 bridgehead atoms. The van der Waals surface area contributed by atoms with Crippen molar-refractivity contribution in [2.24, 2.45) is 5.92 Å². The van der Waals surface area contributed by atoms with Gasteiger partial charge in [0.1, 0.15) is 5.92 Å². The average Bonchev–Trinajstić information content (AvgIpc) is 1.98. The van der Waals surface area contributed by atoms with Gasteiger partial charge in [-0.05, 0) is 6.92 Å². The molecule has 50 valence electrons. The molecule has 0 radical (unpaired) electrons. The van der Waals surface area contributed by atoms with Crippen LogP contribution in [0.2, 0.25) is 0 Å². The van der Waals surface area contributed by atoms with Crippen molar-refractivity contribution in [3.8, 4) is 24.0 Å². The third-order valence-electron chi connectivity index (χ3n) is 0.874. The summed E-state index contributed by atoms with van der Waals surface area (Å²) in [4.78, 5) is 0. The van der Waals surface area contributed by atoms with Gasteiger partial charge in [0, 0.05) is 12.8 Å². The number of unbranched alkanes of at least 4 members (excludes halogenated alkanes) is 1. The summed E-state index contributed by atoms with van der Waals surface area (Å²) in [5.41, 5.74) is 0. The van der Waals surface area contributed by atoms with Crippen LogP contribution in [-0.4, -0.2) is 0 Å². The third kappa shape index (κ3) is 4.69. The molecule has 10 heavy (non-hydrogen) atoms. The van der Waals surface area contributed by atoms with E-state index >= 15 is 0 Å². The number of hydrogen-bond donors (Lipinski definition) is 0. The van der Waals surface area contributed by atoms with Crippen molar-refractivity contribution < 1.29 is 0 Å². The van der Waals surface area contributed by atoms with E-state index in [9.17, 15) is 0 Å². The fourth-order valence-electron chi connectivity index (χ4n) is 0.376. The minimum atomic E-state index is -0.210. The van der Waals surface area contributed by atoms with Crippen LogP contribution in [0.3, 0.4) is 0 Å². The van der Waals surface area contributed by atoms with Gasteiger partial charge >= 0.3 is 0 Å². The van der Waals surface area contributed by atoms with E-state index < -0.39 is 0 Å². The topological polar surface area (TPSA) is 47.6 Å². The van der Waals surface area contributed by atoms with Crippen LogP contribution >= 0.6 is 0 Å². The highest BCUT2D eigenvalue weighted by atomic mass is 14.2. The van der Waals surface area contributed by atoms with Crippen molar-refractivity contribution in [1.29, 1.82) is 10.5 Å². The lowest BCUT2D eigenvalue weighted by atomic mass is 10.2. The maximum atomic E-state index is 8.27. The van der Waals surface area contributed by atoms with E-state index in [1.165, 1.54) is 0 Å². The molecule has 1 atom stereocenters. The maximum absolute atomic E-state index is 8.27. The van der Waals surface area contributed by atoms with Gasteiger partial charge in [0.2, 0.25) is 0 Å². The Morgan fingerprint density at radius 3 is 2.50 bits per heavy atom. The van der Waals surface area contributed by atoms with E-state index in [4.69, 9.17) is 10.5 Å². The van der Waals surface area contributed by atoms with Gasteiger partial charge in [-0.15, -0.1) is 5.92 Å². The number of nitrogens with zero attached hydrogens (tertiary/aromatic N) is 2. The summed E-state index contributed by atoms with van der Waals surface area (Å²) in [6, 6.07) is 3.96. The van der Waals surface area contributed by atoms with Gasteiger partial charge in [-0.25, -0.2) is 0 Å². The Morgan fingerprint density at radius 2 is 2.00 bits per heavy atom. The second kappa shape index (κ2) is 5.67. The van der Waals surface area contributed by atoms with E-state index in [-0.39, 0.29) is 5.92 Å². The molecule has 0 N–H and O–H groups in total. The first-order valence-corrected chi connectivity index (χ1v) is 3.06. The van der Waals surface area contributed by atoms with Crippen LogP contribution in [0.4, 0.5) is 0 Å². The molecule has 0 aliphatic heterocycles. The molecule has 0 aliphatic rings. The summed E-state index contributed by atoms with van der Waals surface area (Å²) in [7, 11) is 0. The second-order valence-corrected chi connectivity index (χ2v) is 1.83. The highest BCUT2D eigenvalue weighted by Gasteiger charge is 1.87. The van der Waals surface area contributed by atoms with E-state index in [1.807, 2.05) is 12.1 Å². The molecule has 1 unspecified atom stereocenters. The molecule has 0 amide bonds. The number of nitriles is 2. The molecule has 0 saturated heterocycles. The predicted octanol–water partition coefficient (Wildman–Crippen LogP) is 1.45. The van der Waals surface area contributed by atoms with Crippen molar-refractivity contribution in [1.82, 2.24) is 0 Å². The highest BCUT2D eigenvalue weighted by Crippen LogP contribution is 1.88. The van der Waals surface area contributed by atoms with Crippen molar-refractivity contribution in [2.75, 3.05) is 0 Å². The molecular formula is C8H8N2. The van der Waals surface area contributed by atoms with E-state index in [1.54, 1.807) is 6.92 Å². The first kappa shape index (κ1) is 8.54. The predicted molar refractivity (Wildman–Crippen MR) is 37.4 cm³/mol. The normalized spacial score (nSPS) is 9.90. The molecule has 0 aromatic rings. The Kier molecular flexibility index (Phi) is 4.84. The quantitative estimate of drug-likeness (QED) is 0.400. The summed E-state index contributed by atoms with van der Waals surface area (Å²) >= 11 is 0. The zero-order valence-electron chi connectivity index (χ0n) is 5.89. The third-order valence-corrected chi connectivity index (χ3v) is 0.874. The molecule has 0 aliphatic carbocycles. The Labute approximate surface area is 61.1 Å². The lowest BCUT2D eigenvalue weighted by Crippen LogP contribution is -1.81. The van der Waals surface area contributed by atoms with Crippen molar-refractivity contribution in [2.45, 2.75) is 19.8 Å². The van der Waals surface area contributed by atoms with Gasteiger partial charge in [0.15, 0.2) is 0 Å². The van der Waals surface area contributed by atoms with Gasteiger partial charge in [-0.3, -0.25) is 0 Å². The first-order valence-electron chi connectivity index (χ1n) is 3.06. The van der Waals surface area contributed by atoms with Crippen LogP contribution in [0.25, 0.3) is 0 Å². The van der Waals surface area contributed by atoms with Crippen LogP contribution in [0, 0.1) is 40.4 Å². The molecule has 0 saturated carbocycles. The van der Waals surface area contributed by atoms with E-state index in [0.717, 1.165) is 0 Å². The summed E-state index contributed by atoms with van der Waals surface area (Å²) in [6.07, 6.45) is 1.02. The Bertz CT molecular complexity index is 218. The van der Waals surface area contributed by atoms with Crippen LogP contribution in [0.1, 0.15) is 19.8 Å². The second-order valence-electron chi connectivity index (χ2n) is 1.83. The summed E-state index contributed by atoms with van der Waals surface area (Å²) in [5.74, 6) is 5.24. The smallest absolute Gasteiger partial charge is 0.104 e. The van der Waals surface area contributed by atoms with Crippen LogP contribution in [0.15, 0.2) is 0 Å². The Balaban J connectivity index is 3.53. The standard InChI is InChI=1S/C8H8N2/c1-8(7-10)5-3-2-4-6-9/h8H,2,4H2,1H3. The zero-order chi connectivity index (χ0) is 7.82. The van der Waals surface area contributed by atoms with Crippen molar-refractivity contribution >= 4 is 0 Å². The highest BCUT2D eigenvalue weighted by molar-refractivity contribution is 5.10. The minimum absolute atomic E-state index is 0.210. The lowest BCUT2D eigenvalue weighted by molar-refractivity contribution is 0.987. The van der Waals surface area contributed by atoms with Crippen molar-refractivity contribution in [3.05, 3.63) is 0 Å². The van der Waals surface area contributed by atoms with Crippen LogP contribution < -0.4 is 0 Å². The zero-order valence-corrected chi connectivity index (χ0v) is 5.89. The van der Waals surface area contributed by atoms with Gasteiger partial charge < -0.3 is 0 Å². The van der Waals surface area contributed by atoms with Gasteiger partial charge in [0.05, 0.1) is 12.1 Å². The minimum Gasteiger partial charge on any atom is -0.198 e. The van der Waals surface area contributed by atoms with E-state index in [2.05, 4.69) is 11.8 Å². The van der Waals surface area contributed by atoms with E-state index in [0.29, 0.717) is 12.8 Å². The Hall–Kier alpha value is -1.46. The summed E-state index contributed by atoms with van der Waals surface area (Å²) in [6.45, 7) is 1.74. The fraction of sp³-hybridized carbons (Fsp3) is 0.500. The number of hydrogen-bond acceptors (Lipinski definition) is 2. The largest absolute Gasteiger partial charge is 0.198 e. The Morgan fingerprint density at radius 1 is 1.30 bits per heavy atom.